The van der Waals surface area contributed by atoms with Gasteiger partial charge in [0.25, 0.3) is 5.79 Å². The summed E-state index contributed by atoms with van der Waals surface area (Å²) in [5, 5.41) is 21.0. The highest BCUT2D eigenvalue weighted by atomic mass is 19.3. The minimum Gasteiger partial charge on any atom is -0.356 e. The van der Waals surface area contributed by atoms with Crippen molar-refractivity contribution in [1.82, 2.24) is 9.78 Å². The third-order valence-electron chi connectivity index (χ3n) is 5.27. The maximum Gasteiger partial charge on any atom is 0.348 e. The maximum atomic E-state index is 14.4. The smallest absolute Gasteiger partial charge is 0.348 e. The summed E-state index contributed by atoms with van der Waals surface area (Å²) >= 11 is 0. The second-order valence-electron chi connectivity index (χ2n) is 7.62. The first-order valence-electron chi connectivity index (χ1n) is 9.84. The van der Waals surface area contributed by atoms with E-state index in [1.807, 2.05) is 12.1 Å². The van der Waals surface area contributed by atoms with Crippen molar-refractivity contribution < 1.29 is 23.0 Å². The number of anilines is 1. The average Bonchev–Trinajstić information content (AvgIpc) is 3.25. The lowest BCUT2D eigenvalue weighted by Crippen LogP contribution is -2.40. The highest BCUT2D eigenvalue weighted by Gasteiger charge is 2.47. The van der Waals surface area contributed by atoms with Gasteiger partial charge < -0.3 is 5.32 Å². The molecule has 2 aromatic carbocycles. The molecule has 1 N–H and O–H groups in total. The zero-order chi connectivity index (χ0) is 22.2. The summed E-state index contributed by atoms with van der Waals surface area (Å²) in [5.41, 5.74) is 1.71. The second-order valence-corrected chi connectivity index (χ2v) is 7.62. The Kier molecular flexibility index (Phi) is 5.60. The number of halogens is 3. The molecule has 8 heteroatoms. The molecular weight excluding hydrogens is 407 g/mol. The summed E-state index contributed by atoms with van der Waals surface area (Å²) in [6.45, 7) is 0.285. The molecule has 1 radical (unpaired) electrons. The van der Waals surface area contributed by atoms with E-state index in [-0.39, 0.29) is 29.2 Å². The number of nitrogens with one attached hydrogen (secondary N) is 1. The van der Waals surface area contributed by atoms with Crippen molar-refractivity contribution in [3.8, 4) is 5.69 Å². The first-order chi connectivity index (χ1) is 14.8. The molecule has 0 fully saturated rings. The van der Waals surface area contributed by atoms with E-state index < -0.39 is 18.2 Å². The fourth-order valence-electron chi connectivity index (χ4n) is 3.83. The Labute approximate surface area is 177 Å². The molecule has 0 aliphatic carbocycles. The molecule has 1 aliphatic rings. The molecule has 2 heterocycles. The molecule has 0 amide bonds. The lowest BCUT2D eigenvalue weighted by molar-refractivity contribution is -0.308. The molecule has 0 saturated heterocycles. The van der Waals surface area contributed by atoms with Crippen LogP contribution in [-0.2, 0) is 22.1 Å². The maximum absolute atomic E-state index is 14.4. The molecule has 1 atom stereocenters. The van der Waals surface area contributed by atoms with Crippen molar-refractivity contribution in [3.05, 3.63) is 89.1 Å². The fraction of sp³-hybridized carbons (Fsp3) is 0.261. The standard InChI is InChI=1S/C23H21F3N3O2/c1-14(2)20-18(13-15-7-9-16(10-8-15)29-12-4-11-27-29)23(30,31-22(25)26)17-5-3-6-19(24)21(17)28-20/h3-12,14,22,28H,13H2,1-2H3. The molecule has 161 valence electrons. The first-order valence-corrected chi connectivity index (χ1v) is 9.84. The van der Waals surface area contributed by atoms with Gasteiger partial charge in [0.1, 0.15) is 5.82 Å². The number of benzene rings is 2. The predicted octanol–water partition coefficient (Wildman–Crippen LogP) is 5.41. The van der Waals surface area contributed by atoms with Crippen LogP contribution in [0.5, 0.6) is 0 Å². The van der Waals surface area contributed by atoms with Crippen molar-refractivity contribution in [2.75, 3.05) is 5.32 Å². The summed E-state index contributed by atoms with van der Waals surface area (Å²) in [4.78, 5) is 0. The number of para-hydroxylation sites is 1. The van der Waals surface area contributed by atoms with Crippen molar-refractivity contribution in [1.29, 1.82) is 0 Å². The zero-order valence-electron chi connectivity index (χ0n) is 17.0. The SMILES string of the molecule is CC(C)C1=C(Cc2ccc(-n3cccn3)cc2)C([O])(OC(F)F)c2cccc(F)c2N1. The molecule has 4 rings (SSSR count). The second kappa shape index (κ2) is 8.20. The number of allylic oxidation sites excluding steroid dienone is 1. The van der Waals surface area contributed by atoms with Gasteiger partial charge in [-0.3, -0.25) is 4.74 Å². The van der Waals surface area contributed by atoms with Crippen LogP contribution < -0.4 is 5.32 Å². The highest BCUT2D eigenvalue weighted by molar-refractivity contribution is 5.65. The summed E-state index contributed by atoms with van der Waals surface area (Å²) in [7, 11) is 0. The van der Waals surface area contributed by atoms with Crippen LogP contribution in [0, 0.1) is 11.7 Å². The van der Waals surface area contributed by atoms with Gasteiger partial charge in [-0.25, -0.2) is 9.07 Å². The van der Waals surface area contributed by atoms with E-state index >= 15 is 0 Å². The van der Waals surface area contributed by atoms with Gasteiger partial charge in [-0.05, 0) is 35.7 Å². The van der Waals surface area contributed by atoms with E-state index in [2.05, 4.69) is 15.2 Å². The fourth-order valence-corrected chi connectivity index (χ4v) is 3.83. The van der Waals surface area contributed by atoms with E-state index in [4.69, 9.17) is 0 Å². The lowest BCUT2D eigenvalue weighted by atomic mass is 9.83. The first kappa shape index (κ1) is 21.1. The normalized spacial score (nSPS) is 18.5. The summed E-state index contributed by atoms with van der Waals surface area (Å²) in [5.74, 6) is -3.67. The Hall–Kier alpha value is -3.10. The van der Waals surface area contributed by atoms with Crippen molar-refractivity contribution in [2.45, 2.75) is 32.7 Å². The van der Waals surface area contributed by atoms with Gasteiger partial charge in [0, 0.05) is 35.6 Å². The monoisotopic (exact) mass is 428 g/mol. The van der Waals surface area contributed by atoms with Gasteiger partial charge in [0.2, 0.25) is 0 Å². The van der Waals surface area contributed by atoms with Crippen LogP contribution in [0.2, 0.25) is 0 Å². The molecule has 3 aromatic rings. The van der Waals surface area contributed by atoms with Crippen LogP contribution in [-0.4, -0.2) is 16.4 Å². The lowest BCUT2D eigenvalue weighted by Gasteiger charge is -2.38. The third kappa shape index (κ3) is 3.96. The van der Waals surface area contributed by atoms with Gasteiger partial charge in [-0.15, -0.1) is 0 Å². The highest BCUT2D eigenvalue weighted by Crippen LogP contribution is 2.46. The molecule has 1 unspecified atom stereocenters. The quantitative estimate of drug-likeness (QED) is 0.534. The van der Waals surface area contributed by atoms with Crippen LogP contribution >= 0.6 is 0 Å². The number of ether oxygens (including phenoxy) is 1. The van der Waals surface area contributed by atoms with E-state index in [9.17, 15) is 18.3 Å². The number of rotatable bonds is 6. The summed E-state index contributed by atoms with van der Waals surface area (Å²) in [6.07, 6.45) is 3.52. The van der Waals surface area contributed by atoms with Gasteiger partial charge >= 0.3 is 6.61 Å². The van der Waals surface area contributed by atoms with E-state index in [1.54, 1.807) is 49.1 Å². The average molecular weight is 428 g/mol. The van der Waals surface area contributed by atoms with Crippen molar-refractivity contribution in [2.24, 2.45) is 5.92 Å². The molecule has 1 aromatic heterocycles. The van der Waals surface area contributed by atoms with Gasteiger partial charge in [0.15, 0.2) is 0 Å². The number of nitrogens with zero attached hydrogens (tertiary/aromatic N) is 2. The third-order valence-corrected chi connectivity index (χ3v) is 5.27. The van der Waals surface area contributed by atoms with Gasteiger partial charge in [-0.2, -0.15) is 19.0 Å². The minimum absolute atomic E-state index is 0.0616. The van der Waals surface area contributed by atoms with E-state index in [1.165, 1.54) is 18.2 Å². The Bertz CT molecular complexity index is 1100. The largest absolute Gasteiger partial charge is 0.356 e. The van der Waals surface area contributed by atoms with Crippen LogP contribution in [0.25, 0.3) is 5.69 Å². The molecular formula is C23H21F3N3O2. The van der Waals surface area contributed by atoms with Crippen molar-refractivity contribution >= 4 is 5.69 Å². The Morgan fingerprint density at radius 2 is 1.87 bits per heavy atom. The van der Waals surface area contributed by atoms with Gasteiger partial charge in [0.05, 0.1) is 11.4 Å². The number of hydrogen-bond donors (Lipinski definition) is 1. The summed E-state index contributed by atoms with van der Waals surface area (Å²) in [6, 6.07) is 12.8. The summed E-state index contributed by atoms with van der Waals surface area (Å²) < 4.78 is 47.5. The van der Waals surface area contributed by atoms with Crippen molar-refractivity contribution in [3.63, 3.8) is 0 Å². The minimum atomic E-state index is -3.32. The Balaban J connectivity index is 1.78. The van der Waals surface area contributed by atoms with Crippen LogP contribution in [0.15, 0.2) is 72.2 Å². The topological polar surface area (TPSA) is 59.0 Å². The van der Waals surface area contributed by atoms with Crippen LogP contribution in [0.3, 0.4) is 0 Å². The molecule has 0 spiro atoms. The molecule has 0 saturated carbocycles. The molecule has 1 aliphatic heterocycles. The van der Waals surface area contributed by atoms with Crippen LogP contribution in [0.1, 0.15) is 25.0 Å². The Morgan fingerprint density at radius 3 is 2.48 bits per heavy atom. The number of alkyl halides is 2. The Morgan fingerprint density at radius 1 is 1.13 bits per heavy atom. The molecule has 5 nitrogen and oxygen atoms in total. The molecule has 0 bridgehead atoms. The molecule has 31 heavy (non-hydrogen) atoms. The number of aromatic nitrogens is 2. The predicted molar refractivity (Wildman–Crippen MR) is 109 cm³/mol. The number of hydrogen-bond acceptors (Lipinski definition) is 3. The van der Waals surface area contributed by atoms with Gasteiger partial charge in [-0.1, -0.05) is 38.1 Å². The van der Waals surface area contributed by atoms with Crippen LogP contribution in [0.4, 0.5) is 18.9 Å². The van der Waals surface area contributed by atoms with E-state index in [0.717, 1.165) is 11.3 Å². The zero-order valence-corrected chi connectivity index (χ0v) is 17.0. The van der Waals surface area contributed by atoms with E-state index in [0.29, 0.717) is 5.70 Å². The number of fused-ring (bicyclic) bond motifs is 1.